The molecule has 0 aliphatic carbocycles. The van der Waals surface area contributed by atoms with Crippen molar-refractivity contribution >= 4 is 5.97 Å². The van der Waals surface area contributed by atoms with E-state index in [0.717, 1.165) is 5.56 Å². The molecular weight excluding hydrogens is 504 g/mol. The van der Waals surface area contributed by atoms with E-state index in [1.165, 1.54) is 6.92 Å². The third kappa shape index (κ3) is 7.61. The number of rotatable bonds is 5. The molecule has 5 nitrogen and oxygen atoms in total. The van der Waals surface area contributed by atoms with Gasteiger partial charge in [0.2, 0.25) is 0 Å². The third-order valence-corrected chi connectivity index (χ3v) is 6.47. The van der Waals surface area contributed by atoms with Gasteiger partial charge in [-0.1, -0.05) is 12.1 Å². The van der Waals surface area contributed by atoms with Crippen molar-refractivity contribution in [2.24, 2.45) is 5.92 Å². The van der Waals surface area contributed by atoms with E-state index >= 15 is 0 Å². The molecule has 0 saturated carbocycles. The first-order chi connectivity index (χ1) is 17.3. The average molecular weight is 534 g/mol. The van der Waals surface area contributed by atoms with E-state index in [0.29, 0.717) is 68.3 Å². The fraction of sp³-hybridized carbons (Fsp3) is 0.500. The van der Waals surface area contributed by atoms with E-state index in [1.807, 2.05) is 0 Å². The zero-order chi connectivity index (χ0) is 27.4. The summed E-state index contributed by atoms with van der Waals surface area (Å²) in [6.07, 6.45) is -8.54. The minimum absolute atomic E-state index is 0.187. The van der Waals surface area contributed by atoms with E-state index in [4.69, 9.17) is 9.84 Å². The minimum Gasteiger partial charge on any atom is -0.493 e. The summed E-state index contributed by atoms with van der Waals surface area (Å²) in [5.74, 6) is -1.66. The van der Waals surface area contributed by atoms with E-state index in [9.17, 15) is 36.2 Å². The number of benzene rings is 2. The van der Waals surface area contributed by atoms with Gasteiger partial charge in [0.15, 0.2) is 0 Å². The second kappa shape index (κ2) is 11.7. The standard InChI is InChI=1S/C26H29F6NO4/c1-16(24(35)36)23(34)18-7-6-17-5-2-3-10-33(11-4-12-37-22(17)14-18)15-19-13-20(25(27,28)29)8-9-21(19)26(30,31)32/h6-9,13-14,16,23,34H,2-5,10-12,15H2,1H3,(H,35,36)/t16-,23+/m0/s1. The third-order valence-electron chi connectivity index (χ3n) is 6.47. The summed E-state index contributed by atoms with van der Waals surface area (Å²) in [5.41, 5.74) is -1.38. The topological polar surface area (TPSA) is 70.0 Å². The van der Waals surface area contributed by atoms with Gasteiger partial charge in [-0.3, -0.25) is 9.69 Å². The number of hydrogen-bond donors (Lipinski definition) is 2. The van der Waals surface area contributed by atoms with Gasteiger partial charge < -0.3 is 14.9 Å². The normalized spacial score (nSPS) is 17.7. The zero-order valence-corrected chi connectivity index (χ0v) is 20.2. The van der Waals surface area contributed by atoms with Crippen molar-refractivity contribution in [3.05, 3.63) is 64.2 Å². The van der Waals surface area contributed by atoms with Crippen molar-refractivity contribution in [1.82, 2.24) is 4.90 Å². The van der Waals surface area contributed by atoms with Crippen molar-refractivity contribution in [1.29, 1.82) is 0 Å². The lowest BCUT2D eigenvalue weighted by Crippen LogP contribution is -2.28. The highest BCUT2D eigenvalue weighted by molar-refractivity contribution is 5.70. The van der Waals surface area contributed by atoms with Crippen LogP contribution in [0.4, 0.5) is 26.3 Å². The molecule has 1 heterocycles. The summed E-state index contributed by atoms with van der Waals surface area (Å²) in [7, 11) is 0. The van der Waals surface area contributed by atoms with Crippen LogP contribution in [0, 0.1) is 5.92 Å². The van der Waals surface area contributed by atoms with Crippen LogP contribution in [0.3, 0.4) is 0 Å². The molecule has 2 aromatic carbocycles. The van der Waals surface area contributed by atoms with Gasteiger partial charge in [-0.05, 0) is 80.1 Å². The highest BCUT2D eigenvalue weighted by atomic mass is 19.4. The molecule has 2 aromatic rings. The fourth-order valence-corrected chi connectivity index (χ4v) is 4.33. The Morgan fingerprint density at radius 1 is 1.00 bits per heavy atom. The van der Waals surface area contributed by atoms with Gasteiger partial charge in [0.1, 0.15) is 5.75 Å². The number of aryl methyl sites for hydroxylation is 1. The first kappa shape index (κ1) is 28.8. The van der Waals surface area contributed by atoms with Gasteiger partial charge in [0.05, 0.1) is 29.8 Å². The molecule has 11 heteroatoms. The number of aliphatic carboxylic acids is 1. The molecule has 2 N–H and O–H groups in total. The summed E-state index contributed by atoms with van der Waals surface area (Å²) in [5, 5.41) is 19.5. The van der Waals surface area contributed by atoms with Crippen molar-refractivity contribution in [3.8, 4) is 5.75 Å². The molecule has 0 saturated heterocycles. The van der Waals surface area contributed by atoms with Crippen molar-refractivity contribution in [2.45, 2.75) is 57.6 Å². The van der Waals surface area contributed by atoms with Gasteiger partial charge in [-0.2, -0.15) is 26.3 Å². The van der Waals surface area contributed by atoms with Crippen molar-refractivity contribution in [2.75, 3.05) is 19.7 Å². The maximum Gasteiger partial charge on any atom is 0.416 e. The van der Waals surface area contributed by atoms with Crippen LogP contribution in [-0.2, 0) is 30.1 Å². The highest BCUT2D eigenvalue weighted by Gasteiger charge is 2.37. The number of carboxylic acid groups (broad SMARTS) is 1. The Kier molecular flexibility index (Phi) is 9.12. The predicted molar refractivity (Wildman–Crippen MR) is 123 cm³/mol. The molecule has 0 spiro atoms. The van der Waals surface area contributed by atoms with Crippen LogP contribution >= 0.6 is 0 Å². The number of aliphatic hydroxyl groups is 1. The summed E-state index contributed by atoms with van der Waals surface area (Å²) in [4.78, 5) is 12.9. The molecule has 0 bridgehead atoms. The number of carboxylic acids is 1. The molecular formula is C26H29F6NO4. The van der Waals surface area contributed by atoms with E-state index in [2.05, 4.69) is 0 Å². The molecule has 204 valence electrons. The van der Waals surface area contributed by atoms with Crippen LogP contribution in [0.5, 0.6) is 5.75 Å². The summed E-state index contributed by atoms with van der Waals surface area (Å²) < 4.78 is 85.9. The first-order valence-electron chi connectivity index (χ1n) is 11.9. The SMILES string of the molecule is C[C@H](C(=O)O)[C@@H](O)c1ccc2c(c1)OCCCN(Cc1cc(C(F)(F)F)ccc1C(F)(F)F)CCCC2. The Labute approximate surface area is 210 Å². The molecule has 0 radical (unpaired) electrons. The maximum atomic E-state index is 13.5. The van der Waals surface area contributed by atoms with Crippen LogP contribution in [0.15, 0.2) is 36.4 Å². The maximum absolute atomic E-state index is 13.5. The van der Waals surface area contributed by atoms with Gasteiger partial charge in [0, 0.05) is 13.1 Å². The Morgan fingerprint density at radius 3 is 2.35 bits per heavy atom. The van der Waals surface area contributed by atoms with Crippen LogP contribution in [0.2, 0.25) is 0 Å². The molecule has 0 fully saturated rings. The Morgan fingerprint density at radius 2 is 1.70 bits per heavy atom. The largest absolute Gasteiger partial charge is 0.493 e. The smallest absolute Gasteiger partial charge is 0.416 e. The highest BCUT2D eigenvalue weighted by Crippen LogP contribution is 2.37. The second-order valence-electron chi connectivity index (χ2n) is 9.24. The molecule has 3 rings (SSSR count). The van der Waals surface area contributed by atoms with Gasteiger partial charge in [0.25, 0.3) is 0 Å². The zero-order valence-electron chi connectivity index (χ0n) is 20.2. The lowest BCUT2D eigenvalue weighted by Gasteiger charge is -2.25. The van der Waals surface area contributed by atoms with Crippen LogP contribution < -0.4 is 4.74 Å². The lowest BCUT2D eigenvalue weighted by atomic mass is 9.95. The molecule has 0 amide bonds. The number of ether oxygens (including phenoxy) is 1. The minimum atomic E-state index is -4.78. The quantitative estimate of drug-likeness (QED) is 0.456. The van der Waals surface area contributed by atoms with Gasteiger partial charge in [-0.25, -0.2) is 0 Å². The van der Waals surface area contributed by atoms with Gasteiger partial charge >= 0.3 is 18.3 Å². The molecule has 1 aliphatic heterocycles. The number of hydrogen-bond acceptors (Lipinski definition) is 4. The number of carbonyl (C=O) groups is 1. The molecule has 37 heavy (non-hydrogen) atoms. The molecule has 1 aliphatic rings. The molecule has 2 atom stereocenters. The summed E-state index contributed by atoms with van der Waals surface area (Å²) in [6.45, 7) is 2.01. The lowest BCUT2D eigenvalue weighted by molar-refractivity contribution is -0.145. The monoisotopic (exact) mass is 533 g/mol. The molecule has 0 aromatic heterocycles. The first-order valence-corrected chi connectivity index (χ1v) is 11.9. The average Bonchev–Trinajstić information content (AvgIpc) is 2.86. The second-order valence-corrected chi connectivity index (χ2v) is 9.24. The number of halogens is 6. The fourth-order valence-electron chi connectivity index (χ4n) is 4.33. The van der Waals surface area contributed by atoms with Crippen molar-refractivity contribution < 1.29 is 46.1 Å². The van der Waals surface area contributed by atoms with E-state index in [-0.39, 0.29) is 13.2 Å². The Bertz CT molecular complexity index is 1090. The summed E-state index contributed by atoms with van der Waals surface area (Å²) >= 11 is 0. The number of fused-ring (bicyclic) bond motifs is 1. The Balaban J connectivity index is 1.75. The number of aliphatic hydroxyl groups excluding tert-OH is 1. The Hall–Kier alpha value is -2.79. The van der Waals surface area contributed by atoms with Gasteiger partial charge in [-0.15, -0.1) is 0 Å². The number of alkyl halides is 6. The predicted octanol–water partition coefficient (Wildman–Crippen LogP) is 6.09. The van der Waals surface area contributed by atoms with Crippen LogP contribution in [0.1, 0.15) is 60.1 Å². The van der Waals surface area contributed by atoms with E-state index < -0.39 is 47.0 Å². The van der Waals surface area contributed by atoms with Crippen LogP contribution in [0.25, 0.3) is 0 Å². The summed E-state index contributed by atoms with van der Waals surface area (Å²) in [6, 6.07) is 6.52. The number of nitrogens with zero attached hydrogens (tertiary/aromatic N) is 1. The van der Waals surface area contributed by atoms with Crippen LogP contribution in [-0.4, -0.2) is 40.8 Å². The van der Waals surface area contributed by atoms with Crippen molar-refractivity contribution in [3.63, 3.8) is 0 Å². The molecule has 0 unspecified atom stereocenters. The van der Waals surface area contributed by atoms with E-state index in [1.54, 1.807) is 23.1 Å².